The van der Waals surface area contributed by atoms with Gasteiger partial charge in [0.1, 0.15) is 4.90 Å². The third-order valence-electron chi connectivity index (χ3n) is 2.60. The lowest BCUT2D eigenvalue weighted by Gasteiger charge is -2.21. The first-order valence-electron chi connectivity index (χ1n) is 5.56. The minimum absolute atomic E-state index is 0.0236. The molecular weight excluding hydrogens is 331 g/mol. The lowest BCUT2D eigenvalue weighted by Crippen LogP contribution is -2.43. The molecule has 0 saturated carbocycles. The normalized spacial score (nSPS) is 13.8. The largest absolute Gasteiger partial charge is 0.329 e. The topological polar surface area (TPSA) is 72.2 Å². The molecule has 0 radical (unpaired) electrons. The lowest BCUT2D eigenvalue weighted by molar-refractivity contribution is 0.455. The Morgan fingerprint density at radius 3 is 2.05 bits per heavy atom. The molecule has 1 unspecified atom stereocenters. The minimum atomic E-state index is -3.85. The quantitative estimate of drug-likeness (QED) is 0.862. The molecule has 19 heavy (non-hydrogen) atoms. The summed E-state index contributed by atoms with van der Waals surface area (Å²) in [5.74, 6) is 0.0460. The first kappa shape index (κ1) is 17.0. The van der Waals surface area contributed by atoms with E-state index < -0.39 is 16.1 Å². The summed E-state index contributed by atoms with van der Waals surface area (Å²) in [6, 6.07) is 2.26. The second-order valence-electron chi connectivity index (χ2n) is 4.41. The zero-order valence-electron chi connectivity index (χ0n) is 10.5. The lowest BCUT2D eigenvalue weighted by atomic mass is 10.1. The van der Waals surface area contributed by atoms with Crippen molar-refractivity contribution >= 4 is 44.8 Å². The van der Waals surface area contributed by atoms with Gasteiger partial charge >= 0.3 is 0 Å². The summed E-state index contributed by atoms with van der Waals surface area (Å²) in [4.78, 5) is -0.181. The number of rotatable bonds is 5. The molecule has 0 saturated heterocycles. The fourth-order valence-corrected chi connectivity index (χ4v) is 4.44. The van der Waals surface area contributed by atoms with Gasteiger partial charge < -0.3 is 5.73 Å². The highest BCUT2D eigenvalue weighted by Gasteiger charge is 2.26. The van der Waals surface area contributed by atoms with E-state index in [1.165, 1.54) is 12.1 Å². The second-order valence-corrected chi connectivity index (χ2v) is 7.31. The zero-order valence-corrected chi connectivity index (χ0v) is 13.5. The van der Waals surface area contributed by atoms with Crippen LogP contribution in [0.3, 0.4) is 0 Å². The van der Waals surface area contributed by atoms with Crippen molar-refractivity contribution < 1.29 is 8.42 Å². The van der Waals surface area contributed by atoms with Crippen LogP contribution in [0.15, 0.2) is 17.0 Å². The Morgan fingerprint density at radius 2 is 1.68 bits per heavy atom. The molecule has 0 amide bonds. The maximum atomic E-state index is 12.3. The third-order valence-corrected chi connectivity index (χ3v) is 5.23. The number of hydrogen-bond acceptors (Lipinski definition) is 3. The van der Waals surface area contributed by atoms with E-state index in [1.54, 1.807) is 0 Å². The molecule has 0 aliphatic carbocycles. The molecule has 1 atom stereocenters. The van der Waals surface area contributed by atoms with Crippen LogP contribution in [0.1, 0.15) is 13.8 Å². The Balaban J connectivity index is 3.21. The van der Waals surface area contributed by atoms with Crippen molar-refractivity contribution in [3.8, 4) is 0 Å². The van der Waals surface area contributed by atoms with Gasteiger partial charge in [0.25, 0.3) is 0 Å². The van der Waals surface area contributed by atoms with Crippen LogP contribution in [-0.2, 0) is 10.0 Å². The maximum absolute atomic E-state index is 12.3. The predicted octanol–water partition coefficient (Wildman–Crippen LogP) is 2.91. The summed E-state index contributed by atoms with van der Waals surface area (Å²) in [7, 11) is -3.85. The highest BCUT2D eigenvalue weighted by Crippen LogP contribution is 2.32. The van der Waals surface area contributed by atoms with Crippen molar-refractivity contribution in [2.24, 2.45) is 11.7 Å². The fourth-order valence-electron chi connectivity index (χ4n) is 1.50. The number of sulfonamides is 1. The highest BCUT2D eigenvalue weighted by molar-refractivity contribution is 7.89. The molecule has 0 spiro atoms. The molecule has 0 heterocycles. The van der Waals surface area contributed by atoms with E-state index in [0.717, 1.165) is 0 Å². The Morgan fingerprint density at radius 1 is 1.21 bits per heavy atom. The number of nitrogens with one attached hydrogen (secondary N) is 1. The Bertz CT molecular complexity index is 538. The standard InChI is InChI=1S/C11H15Cl3N2O2S/c1-6(2)10(5-15)16-19(17,18)11-8(13)3-7(12)4-9(11)14/h3-4,6,10,16H,5,15H2,1-2H3. The molecule has 0 aliphatic heterocycles. The summed E-state index contributed by atoms with van der Waals surface area (Å²) in [5.41, 5.74) is 5.55. The van der Waals surface area contributed by atoms with Gasteiger partial charge in [0.2, 0.25) is 10.0 Å². The van der Waals surface area contributed by atoms with E-state index in [4.69, 9.17) is 40.5 Å². The molecule has 1 aromatic rings. The molecule has 3 N–H and O–H groups in total. The molecular formula is C11H15Cl3N2O2S. The van der Waals surface area contributed by atoms with Crippen molar-refractivity contribution in [3.05, 3.63) is 27.2 Å². The summed E-state index contributed by atoms with van der Waals surface area (Å²) in [5, 5.41) is 0.224. The molecule has 0 bridgehead atoms. The van der Waals surface area contributed by atoms with Crippen LogP contribution in [0.4, 0.5) is 0 Å². The minimum Gasteiger partial charge on any atom is -0.329 e. The molecule has 1 rings (SSSR count). The van der Waals surface area contributed by atoms with Crippen molar-refractivity contribution in [1.29, 1.82) is 0 Å². The Hall–Kier alpha value is -0.0400. The zero-order chi connectivity index (χ0) is 14.8. The first-order valence-corrected chi connectivity index (χ1v) is 8.17. The molecule has 1 aromatic carbocycles. The van der Waals surface area contributed by atoms with Gasteiger partial charge in [-0.2, -0.15) is 0 Å². The Labute approximate surface area is 128 Å². The van der Waals surface area contributed by atoms with Gasteiger partial charge in [0.15, 0.2) is 0 Å². The third kappa shape index (κ3) is 4.21. The van der Waals surface area contributed by atoms with Gasteiger partial charge in [-0.3, -0.25) is 0 Å². The van der Waals surface area contributed by atoms with E-state index in [0.29, 0.717) is 0 Å². The van der Waals surface area contributed by atoms with E-state index >= 15 is 0 Å². The van der Waals surface area contributed by atoms with Crippen LogP contribution >= 0.6 is 34.8 Å². The van der Waals surface area contributed by atoms with Gasteiger partial charge in [0.05, 0.1) is 10.0 Å². The van der Waals surface area contributed by atoms with Crippen LogP contribution in [-0.4, -0.2) is 21.0 Å². The van der Waals surface area contributed by atoms with E-state index in [-0.39, 0.29) is 32.4 Å². The monoisotopic (exact) mass is 344 g/mol. The summed E-state index contributed by atoms with van der Waals surface area (Å²) in [6.07, 6.45) is 0. The van der Waals surface area contributed by atoms with Crippen LogP contribution in [0.2, 0.25) is 15.1 Å². The van der Waals surface area contributed by atoms with Crippen molar-refractivity contribution in [1.82, 2.24) is 4.72 Å². The molecule has 8 heteroatoms. The SMILES string of the molecule is CC(C)C(CN)NS(=O)(=O)c1c(Cl)cc(Cl)cc1Cl. The Kier molecular flexibility index (Phi) is 5.92. The average Bonchev–Trinajstić information content (AvgIpc) is 2.23. The first-order chi connectivity index (χ1) is 8.69. The van der Waals surface area contributed by atoms with E-state index in [1.807, 2.05) is 13.8 Å². The smallest absolute Gasteiger partial charge is 0.243 e. The van der Waals surface area contributed by atoms with Gasteiger partial charge in [-0.15, -0.1) is 0 Å². The highest BCUT2D eigenvalue weighted by atomic mass is 35.5. The van der Waals surface area contributed by atoms with Crippen LogP contribution in [0.5, 0.6) is 0 Å². The second kappa shape index (κ2) is 6.61. The van der Waals surface area contributed by atoms with Crippen molar-refractivity contribution in [2.75, 3.05) is 6.54 Å². The average molecular weight is 346 g/mol. The summed E-state index contributed by atoms with van der Waals surface area (Å²) < 4.78 is 27.1. The van der Waals surface area contributed by atoms with Gasteiger partial charge in [-0.05, 0) is 18.1 Å². The fraction of sp³-hybridized carbons (Fsp3) is 0.455. The van der Waals surface area contributed by atoms with E-state index in [9.17, 15) is 8.42 Å². The van der Waals surface area contributed by atoms with Crippen LogP contribution in [0, 0.1) is 5.92 Å². The molecule has 0 aliphatic rings. The number of halogens is 3. The summed E-state index contributed by atoms with van der Waals surface area (Å²) >= 11 is 17.6. The van der Waals surface area contributed by atoms with Gasteiger partial charge in [-0.25, -0.2) is 13.1 Å². The number of benzene rings is 1. The van der Waals surface area contributed by atoms with Crippen molar-refractivity contribution in [2.45, 2.75) is 24.8 Å². The molecule has 0 fully saturated rings. The number of nitrogens with two attached hydrogens (primary N) is 1. The van der Waals surface area contributed by atoms with Crippen LogP contribution in [0.25, 0.3) is 0 Å². The number of hydrogen-bond donors (Lipinski definition) is 2. The maximum Gasteiger partial charge on any atom is 0.243 e. The van der Waals surface area contributed by atoms with Crippen molar-refractivity contribution in [3.63, 3.8) is 0 Å². The molecule has 108 valence electrons. The van der Waals surface area contributed by atoms with E-state index in [2.05, 4.69) is 4.72 Å². The molecule has 4 nitrogen and oxygen atoms in total. The van der Waals surface area contributed by atoms with Gasteiger partial charge in [-0.1, -0.05) is 48.7 Å². The predicted molar refractivity (Wildman–Crippen MR) is 79.5 cm³/mol. The molecule has 0 aromatic heterocycles. The van der Waals surface area contributed by atoms with Gasteiger partial charge in [0, 0.05) is 17.6 Å². The van der Waals surface area contributed by atoms with Crippen LogP contribution < -0.4 is 10.5 Å². The summed E-state index contributed by atoms with van der Waals surface area (Å²) in [6.45, 7) is 3.91.